The molecule has 2 aromatic heterocycles. The second-order valence-corrected chi connectivity index (χ2v) is 18.3. The predicted octanol–water partition coefficient (Wildman–Crippen LogP) is 5.56. The van der Waals surface area contributed by atoms with Crippen LogP contribution in [0.1, 0.15) is 95.7 Å². The summed E-state index contributed by atoms with van der Waals surface area (Å²) in [4.78, 5) is 53.9. The maximum Gasteiger partial charge on any atom is 0.259 e. The van der Waals surface area contributed by atoms with Crippen LogP contribution in [0.2, 0.25) is 0 Å². The van der Waals surface area contributed by atoms with Gasteiger partial charge in [-0.2, -0.15) is 0 Å². The van der Waals surface area contributed by atoms with E-state index in [-0.39, 0.29) is 37.1 Å². The number of carbonyl (C=O) groups is 3. The zero-order valence-electron chi connectivity index (χ0n) is 32.1. The summed E-state index contributed by atoms with van der Waals surface area (Å²) in [7, 11) is -2.25. The van der Waals surface area contributed by atoms with Crippen LogP contribution in [-0.4, -0.2) is 90.3 Å². The van der Waals surface area contributed by atoms with E-state index in [1.807, 2.05) is 49.6 Å². The van der Waals surface area contributed by atoms with E-state index in [4.69, 9.17) is 24.2 Å². The maximum atomic E-state index is 14.4. The normalized spacial score (nSPS) is 26.8. The molecule has 3 aromatic rings. The Morgan fingerprint density at radius 2 is 1.93 bits per heavy atom. The summed E-state index contributed by atoms with van der Waals surface area (Å²) in [6.07, 6.45) is 7.73. The van der Waals surface area contributed by atoms with E-state index in [0.717, 1.165) is 47.3 Å². The molecule has 5 atom stereocenters. The summed E-state index contributed by atoms with van der Waals surface area (Å²) in [5.74, 6) is -0.524. The van der Waals surface area contributed by atoms with Crippen molar-refractivity contribution in [3.05, 3.63) is 47.0 Å². The molecule has 2 N–H and O–H groups in total. The van der Waals surface area contributed by atoms with Crippen LogP contribution < -0.4 is 19.5 Å². The molecule has 0 radical (unpaired) electrons. The Morgan fingerprint density at radius 3 is 2.64 bits per heavy atom. The molecule has 3 amide bonds. The van der Waals surface area contributed by atoms with E-state index >= 15 is 0 Å². The first-order valence-electron chi connectivity index (χ1n) is 19.4. The molecule has 3 fully saturated rings. The minimum absolute atomic E-state index is 0.0993. The lowest BCUT2D eigenvalue weighted by atomic mass is 10.1. The van der Waals surface area contributed by atoms with Crippen molar-refractivity contribution in [1.82, 2.24) is 24.9 Å². The SMILES string of the molecule is CCOC1CCCCC/C=C\[C@@H]2C[C@@]2(C(=O)NS(=O)(=O)C2CC2)NC(=O)[C@H]2C[C@@H](Oc3cc(-c4nc(C(C)C)cs4)nc4c(C)c(OC)ccc34)CN2C1=O. The topological polar surface area (TPSA) is 166 Å². The third-order valence-electron chi connectivity index (χ3n) is 11.2. The molecule has 1 saturated heterocycles. The van der Waals surface area contributed by atoms with Gasteiger partial charge in [0.2, 0.25) is 15.9 Å². The standard InChI is InChI=1S/C40H51N5O8S2/c1-6-52-33-13-11-9-7-8-10-12-25-20-40(25,39(48)44-55(49,50)27-14-15-27)43-36(46)31-18-26(21-45(31)38(33)47)53-34-19-29(37-42-30(22-54-37)23(2)3)41-35-24(4)32(51-5)17-16-28(34)35/h10,12,16-17,19,22-23,25-27,31,33H,6-9,11,13-15,18,20-21H2,1-5H3,(H,43,46)(H,44,48)/b12-10-/t25-,26-,31-,33?,40-/m1/s1. The van der Waals surface area contributed by atoms with Crippen molar-refractivity contribution in [2.75, 3.05) is 20.3 Å². The summed E-state index contributed by atoms with van der Waals surface area (Å²) in [6, 6.07) is 4.62. The maximum absolute atomic E-state index is 14.4. The average molecular weight is 794 g/mol. The van der Waals surface area contributed by atoms with Crippen molar-refractivity contribution in [3.63, 3.8) is 0 Å². The molecular formula is C40H51N5O8S2. The highest BCUT2D eigenvalue weighted by Gasteiger charge is 2.62. The quantitative estimate of drug-likeness (QED) is 0.249. The number of carbonyl (C=O) groups excluding carboxylic acids is 3. The minimum atomic E-state index is -3.86. The first kappa shape index (κ1) is 39.2. The van der Waals surface area contributed by atoms with E-state index in [0.29, 0.717) is 48.6 Å². The van der Waals surface area contributed by atoms with Gasteiger partial charge in [0.25, 0.3) is 11.8 Å². The number of ether oxygens (including phenoxy) is 3. The van der Waals surface area contributed by atoms with Crippen molar-refractivity contribution in [2.45, 2.75) is 120 Å². The fourth-order valence-corrected chi connectivity index (χ4v) is 10.00. The highest BCUT2D eigenvalue weighted by molar-refractivity contribution is 7.91. The molecule has 4 heterocycles. The third kappa shape index (κ3) is 8.11. The van der Waals surface area contributed by atoms with E-state index < -0.39 is 50.9 Å². The fraction of sp³-hybridized carbons (Fsp3) is 0.575. The molecule has 0 spiro atoms. The van der Waals surface area contributed by atoms with Crippen LogP contribution >= 0.6 is 11.3 Å². The van der Waals surface area contributed by atoms with Crippen LogP contribution in [0.15, 0.2) is 35.7 Å². The Kier molecular flexibility index (Phi) is 11.3. The van der Waals surface area contributed by atoms with Gasteiger partial charge in [0.1, 0.15) is 46.0 Å². The Bertz CT molecular complexity index is 2100. The Labute approximate surface area is 326 Å². The Balaban J connectivity index is 1.23. The number of fused-ring (bicyclic) bond motifs is 3. The molecule has 2 saturated carbocycles. The second-order valence-electron chi connectivity index (χ2n) is 15.5. The van der Waals surface area contributed by atoms with Gasteiger partial charge in [-0.1, -0.05) is 38.8 Å². The minimum Gasteiger partial charge on any atom is -0.496 e. The number of sulfonamides is 1. The summed E-state index contributed by atoms with van der Waals surface area (Å²) < 4.78 is 46.4. The monoisotopic (exact) mass is 793 g/mol. The lowest BCUT2D eigenvalue weighted by molar-refractivity contribution is -0.149. The van der Waals surface area contributed by atoms with Gasteiger partial charge in [-0.15, -0.1) is 11.3 Å². The highest BCUT2D eigenvalue weighted by atomic mass is 32.2. The zero-order chi connectivity index (χ0) is 39.1. The number of aromatic nitrogens is 2. The molecule has 1 aromatic carbocycles. The number of aryl methyl sites for hydroxylation is 1. The van der Waals surface area contributed by atoms with Gasteiger partial charge >= 0.3 is 0 Å². The Hall–Kier alpha value is -4.08. The molecule has 15 heteroatoms. The average Bonchev–Trinajstić information content (AvgIpc) is 4.03. The van der Waals surface area contributed by atoms with Crippen LogP contribution in [0.4, 0.5) is 0 Å². The highest BCUT2D eigenvalue weighted by Crippen LogP contribution is 2.46. The molecule has 2 aliphatic heterocycles. The molecule has 13 nitrogen and oxygen atoms in total. The number of hydrogen-bond acceptors (Lipinski definition) is 11. The number of benzene rings is 1. The van der Waals surface area contributed by atoms with Crippen molar-refractivity contribution in [1.29, 1.82) is 0 Å². The number of allylic oxidation sites excluding steroid dienone is 1. The van der Waals surface area contributed by atoms with E-state index in [9.17, 15) is 22.8 Å². The molecule has 0 bridgehead atoms. The molecule has 4 aliphatic rings. The van der Waals surface area contributed by atoms with Crippen LogP contribution in [0.3, 0.4) is 0 Å². The number of thiazole rings is 1. The van der Waals surface area contributed by atoms with Gasteiger partial charge < -0.3 is 24.4 Å². The van der Waals surface area contributed by atoms with E-state index in [1.54, 1.807) is 7.11 Å². The number of hydrogen-bond donors (Lipinski definition) is 2. The number of nitrogens with zero attached hydrogens (tertiary/aromatic N) is 3. The molecular weight excluding hydrogens is 743 g/mol. The van der Waals surface area contributed by atoms with Gasteiger partial charge in [0.15, 0.2) is 0 Å². The van der Waals surface area contributed by atoms with Crippen molar-refractivity contribution in [2.24, 2.45) is 5.92 Å². The summed E-state index contributed by atoms with van der Waals surface area (Å²) in [5.41, 5.74) is 1.67. The Morgan fingerprint density at radius 1 is 1.13 bits per heavy atom. The molecule has 1 unspecified atom stereocenters. The fourth-order valence-electron chi connectivity index (χ4n) is 7.69. The van der Waals surface area contributed by atoms with E-state index in [2.05, 4.69) is 23.9 Å². The summed E-state index contributed by atoms with van der Waals surface area (Å²) in [6.45, 7) is 8.39. The lowest BCUT2D eigenvalue weighted by Gasteiger charge is -2.29. The van der Waals surface area contributed by atoms with Crippen LogP contribution in [0.5, 0.6) is 11.5 Å². The van der Waals surface area contributed by atoms with Gasteiger partial charge in [0.05, 0.1) is 30.1 Å². The van der Waals surface area contributed by atoms with Gasteiger partial charge in [-0.05, 0) is 70.4 Å². The number of rotatable bonds is 10. The van der Waals surface area contributed by atoms with E-state index in [1.165, 1.54) is 16.2 Å². The lowest BCUT2D eigenvalue weighted by Crippen LogP contribution is -2.57. The molecule has 7 rings (SSSR count). The number of methoxy groups -OCH3 is 1. The van der Waals surface area contributed by atoms with Crippen molar-refractivity contribution >= 4 is 50.0 Å². The zero-order valence-corrected chi connectivity index (χ0v) is 33.8. The van der Waals surface area contributed by atoms with Crippen LogP contribution in [-0.2, 0) is 29.1 Å². The van der Waals surface area contributed by atoms with Crippen LogP contribution in [0.25, 0.3) is 21.6 Å². The summed E-state index contributed by atoms with van der Waals surface area (Å²) >= 11 is 1.50. The number of pyridine rings is 1. The number of amides is 3. The molecule has 2 aliphatic carbocycles. The van der Waals surface area contributed by atoms with Crippen molar-refractivity contribution in [3.8, 4) is 22.2 Å². The van der Waals surface area contributed by atoms with Gasteiger partial charge in [-0.25, -0.2) is 18.4 Å². The predicted molar refractivity (Wildman–Crippen MR) is 209 cm³/mol. The smallest absolute Gasteiger partial charge is 0.259 e. The van der Waals surface area contributed by atoms with Gasteiger partial charge in [0, 0.05) is 41.3 Å². The molecule has 296 valence electrons. The van der Waals surface area contributed by atoms with Crippen LogP contribution in [0, 0.1) is 12.8 Å². The first-order valence-corrected chi connectivity index (χ1v) is 21.8. The molecule has 55 heavy (non-hydrogen) atoms. The number of nitrogens with one attached hydrogen (secondary N) is 2. The third-order valence-corrected chi connectivity index (χ3v) is 13.9. The first-order chi connectivity index (χ1) is 26.3. The van der Waals surface area contributed by atoms with Crippen molar-refractivity contribution < 1.29 is 37.0 Å². The summed E-state index contributed by atoms with van der Waals surface area (Å²) in [5, 5.41) is 5.86. The van der Waals surface area contributed by atoms with Gasteiger partial charge in [-0.3, -0.25) is 19.1 Å². The second kappa shape index (κ2) is 15.8. The largest absolute Gasteiger partial charge is 0.496 e.